The number of benzene rings is 1. The minimum Gasteiger partial charge on any atom is -0.346 e. The molecule has 0 saturated heterocycles. The minimum atomic E-state index is -0.345. The van der Waals surface area contributed by atoms with Crippen LogP contribution in [-0.4, -0.2) is 10.9 Å². The first-order chi connectivity index (χ1) is 9.06. The first kappa shape index (κ1) is 13.0. The van der Waals surface area contributed by atoms with Gasteiger partial charge in [0.25, 0.3) is 5.91 Å². The van der Waals surface area contributed by atoms with Gasteiger partial charge in [-0.25, -0.2) is 4.39 Å². The Morgan fingerprint density at radius 3 is 2.58 bits per heavy atom. The van der Waals surface area contributed by atoms with Crippen LogP contribution in [0.25, 0.3) is 0 Å². The van der Waals surface area contributed by atoms with Crippen molar-refractivity contribution in [2.24, 2.45) is 0 Å². The van der Waals surface area contributed by atoms with E-state index in [0.717, 1.165) is 5.56 Å². The number of H-pyrrole nitrogens is 1. The van der Waals surface area contributed by atoms with Crippen LogP contribution < -0.4 is 10.9 Å². The van der Waals surface area contributed by atoms with Gasteiger partial charge in [0.2, 0.25) is 5.56 Å². The van der Waals surface area contributed by atoms with E-state index >= 15 is 0 Å². The molecule has 2 rings (SSSR count). The van der Waals surface area contributed by atoms with Crippen molar-refractivity contribution in [3.63, 3.8) is 0 Å². The summed E-state index contributed by atoms with van der Waals surface area (Å²) in [7, 11) is 0. The highest BCUT2D eigenvalue weighted by atomic mass is 19.1. The van der Waals surface area contributed by atoms with Gasteiger partial charge in [0.05, 0.1) is 6.04 Å². The van der Waals surface area contributed by atoms with E-state index in [1.165, 1.54) is 30.5 Å². The lowest BCUT2D eigenvalue weighted by atomic mass is 10.1. The number of aromatic amines is 1. The summed E-state index contributed by atoms with van der Waals surface area (Å²) in [6.07, 6.45) is 1.42. The number of amides is 1. The molecular formula is C14H13FN2O2. The third-order valence-corrected chi connectivity index (χ3v) is 2.75. The minimum absolute atomic E-state index is 0.271. The predicted molar refractivity (Wildman–Crippen MR) is 69.3 cm³/mol. The van der Waals surface area contributed by atoms with Gasteiger partial charge in [-0.05, 0) is 30.7 Å². The van der Waals surface area contributed by atoms with Crippen molar-refractivity contribution in [1.82, 2.24) is 10.3 Å². The predicted octanol–water partition coefficient (Wildman–Crippen LogP) is 2.00. The quantitative estimate of drug-likeness (QED) is 0.886. The van der Waals surface area contributed by atoms with Gasteiger partial charge >= 0.3 is 0 Å². The second-order valence-electron chi connectivity index (χ2n) is 4.19. The largest absolute Gasteiger partial charge is 0.346 e. The Hall–Kier alpha value is -2.43. The molecule has 1 aromatic carbocycles. The van der Waals surface area contributed by atoms with E-state index < -0.39 is 0 Å². The maximum Gasteiger partial charge on any atom is 0.252 e. The molecule has 0 radical (unpaired) electrons. The summed E-state index contributed by atoms with van der Waals surface area (Å²) in [5.74, 6) is -0.667. The van der Waals surface area contributed by atoms with Crippen molar-refractivity contribution in [2.75, 3.05) is 0 Å². The standard InChI is InChI=1S/C14H13FN2O2/c1-9(10-2-4-12(15)5-3-10)17-14(19)11-6-7-16-13(18)8-11/h2-9H,1H3,(H,16,18)(H,17,19). The van der Waals surface area contributed by atoms with Crippen molar-refractivity contribution < 1.29 is 9.18 Å². The second kappa shape index (κ2) is 5.48. The van der Waals surface area contributed by atoms with E-state index in [1.54, 1.807) is 19.1 Å². The number of halogens is 1. The topological polar surface area (TPSA) is 62.0 Å². The average Bonchev–Trinajstić information content (AvgIpc) is 2.39. The highest BCUT2D eigenvalue weighted by Gasteiger charge is 2.11. The highest BCUT2D eigenvalue weighted by molar-refractivity contribution is 5.94. The second-order valence-corrected chi connectivity index (χ2v) is 4.19. The lowest BCUT2D eigenvalue weighted by molar-refractivity contribution is 0.0939. The lowest BCUT2D eigenvalue weighted by Gasteiger charge is -2.14. The smallest absolute Gasteiger partial charge is 0.252 e. The van der Waals surface area contributed by atoms with Gasteiger partial charge in [-0.2, -0.15) is 0 Å². The fourth-order valence-corrected chi connectivity index (χ4v) is 1.70. The summed E-state index contributed by atoms with van der Waals surface area (Å²) in [6, 6.07) is 8.38. The van der Waals surface area contributed by atoms with Gasteiger partial charge < -0.3 is 10.3 Å². The number of carbonyl (C=O) groups is 1. The summed E-state index contributed by atoms with van der Waals surface area (Å²) in [4.78, 5) is 25.5. The maximum absolute atomic E-state index is 12.8. The third kappa shape index (κ3) is 3.28. The zero-order valence-corrected chi connectivity index (χ0v) is 10.3. The van der Waals surface area contributed by atoms with E-state index in [1.807, 2.05) is 0 Å². The number of hydrogen-bond donors (Lipinski definition) is 2. The van der Waals surface area contributed by atoms with Crippen molar-refractivity contribution in [2.45, 2.75) is 13.0 Å². The molecule has 2 N–H and O–H groups in total. The average molecular weight is 260 g/mol. The molecule has 1 amide bonds. The Kier molecular flexibility index (Phi) is 3.75. The number of pyridine rings is 1. The summed E-state index contributed by atoms with van der Waals surface area (Å²) in [6.45, 7) is 1.79. The van der Waals surface area contributed by atoms with E-state index in [0.29, 0.717) is 0 Å². The van der Waals surface area contributed by atoms with E-state index in [2.05, 4.69) is 10.3 Å². The normalized spacial score (nSPS) is 11.9. The zero-order valence-electron chi connectivity index (χ0n) is 10.3. The van der Waals surface area contributed by atoms with Gasteiger partial charge in [-0.1, -0.05) is 12.1 Å². The molecule has 0 aliphatic carbocycles. The van der Waals surface area contributed by atoms with Crippen molar-refractivity contribution in [1.29, 1.82) is 0 Å². The molecule has 19 heavy (non-hydrogen) atoms. The Morgan fingerprint density at radius 1 is 1.26 bits per heavy atom. The molecule has 1 unspecified atom stereocenters. The summed E-state index contributed by atoms with van der Waals surface area (Å²) in [5, 5.41) is 2.74. The van der Waals surface area contributed by atoms with Crippen molar-refractivity contribution >= 4 is 5.91 Å². The number of aromatic nitrogens is 1. The molecule has 2 aromatic rings. The first-order valence-corrected chi connectivity index (χ1v) is 5.81. The number of rotatable bonds is 3. The van der Waals surface area contributed by atoms with Crippen LogP contribution in [0.3, 0.4) is 0 Å². The van der Waals surface area contributed by atoms with Gasteiger partial charge in [0.15, 0.2) is 0 Å². The van der Waals surface area contributed by atoms with Crippen LogP contribution in [0.4, 0.5) is 4.39 Å². The molecule has 98 valence electrons. The van der Waals surface area contributed by atoms with Crippen LogP contribution in [0.5, 0.6) is 0 Å². The highest BCUT2D eigenvalue weighted by Crippen LogP contribution is 2.13. The van der Waals surface area contributed by atoms with Crippen LogP contribution in [-0.2, 0) is 0 Å². The molecule has 0 spiro atoms. The van der Waals surface area contributed by atoms with Gasteiger partial charge in [-0.15, -0.1) is 0 Å². The fraction of sp³-hybridized carbons (Fsp3) is 0.143. The molecule has 0 bridgehead atoms. The summed E-state index contributed by atoms with van der Waals surface area (Å²) >= 11 is 0. The molecule has 0 fully saturated rings. The molecule has 0 saturated carbocycles. The van der Waals surface area contributed by atoms with Crippen LogP contribution in [0.15, 0.2) is 47.4 Å². The molecule has 0 aliphatic rings. The Bertz CT molecular complexity index is 634. The Balaban J connectivity index is 2.10. The zero-order chi connectivity index (χ0) is 13.8. The molecular weight excluding hydrogens is 247 g/mol. The molecule has 1 heterocycles. The lowest BCUT2D eigenvalue weighted by Crippen LogP contribution is -2.27. The summed E-state index contributed by atoms with van der Waals surface area (Å²) < 4.78 is 12.8. The van der Waals surface area contributed by atoms with Gasteiger partial charge in [0, 0.05) is 17.8 Å². The molecule has 1 aromatic heterocycles. The maximum atomic E-state index is 12.8. The van der Waals surface area contributed by atoms with E-state index in [-0.39, 0.29) is 28.9 Å². The van der Waals surface area contributed by atoms with Crippen molar-refractivity contribution in [3.05, 3.63) is 69.9 Å². The van der Waals surface area contributed by atoms with E-state index in [9.17, 15) is 14.0 Å². The molecule has 5 heteroatoms. The van der Waals surface area contributed by atoms with Gasteiger partial charge in [-0.3, -0.25) is 9.59 Å². The SMILES string of the molecule is CC(NC(=O)c1cc[nH]c(=O)c1)c1ccc(F)cc1. The number of hydrogen-bond acceptors (Lipinski definition) is 2. The molecule has 1 atom stereocenters. The first-order valence-electron chi connectivity index (χ1n) is 5.81. The Labute approximate surface area is 109 Å². The van der Waals surface area contributed by atoms with E-state index in [4.69, 9.17) is 0 Å². The third-order valence-electron chi connectivity index (χ3n) is 2.75. The Morgan fingerprint density at radius 2 is 1.95 bits per heavy atom. The number of carbonyl (C=O) groups excluding carboxylic acids is 1. The van der Waals surface area contributed by atoms with Crippen molar-refractivity contribution in [3.8, 4) is 0 Å². The van der Waals surface area contributed by atoms with Crippen LogP contribution in [0.2, 0.25) is 0 Å². The molecule has 0 aliphatic heterocycles. The van der Waals surface area contributed by atoms with Crippen LogP contribution >= 0.6 is 0 Å². The van der Waals surface area contributed by atoms with Crippen LogP contribution in [0, 0.1) is 5.82 Å². The van der Waals surface area contributed by atoms with Gasteiger partial charge in [0.1, 0.15) is 5.82 Å². The molecule has 4 nitrogen and oxygen atoms in total. The number of nitrogens with one attached hydrogen (secondary N) is 2. The monoisotopic (exact) mass is 260 g/mol. The van der Waals surface area contributed by atoms with Crippen LogP contribution in [0.1, 0.15) is 28.9 Å². The fourth-order valence-electron chi connectivity index (χ4n) is 1.70. The summed E-state index contributed by atoms with van der Waals surface area (Å²) in [5.41, 5.74) is 0.749.